The molecule has 0 aromatic heterocycles. The number of rotatable bonds is 71. The largest absolute Gasteiger partial charge is 0.466 e. The molecule has 1 aliphatic rings. The summed E-state index contributed by atoms with van der Waals surface area (Å²) < 4.78 is 16.8. The quantitative estimate of drug-likeness (QED) is 0.0195. The van der Waals surface area contributed by atoms with Crippen LogP contribution in [0.4, 0.5) is 0 Å². The molecule has 1 rings (SSSR count). The molecule has 528 valence electrons. The van der Waals surface area contributed by atoms with Gasteiger partial charge in [-0.1, -0.05) is 379 Å². The number of hydrogen-bond donors (Lipinski definition) is 6. The highest BCUT2D eigenvalue weighted by Gasteiger charge is 2.44. The van der Waals surface area contributed by atoms with Crippen LogP contribution in [0.25, 0.3) is 0 Å². The predicted molar refractivity (Wildman–Crippen MR) is 375 cm³/mol. The van der Waals surface area contributed by atoms with Gasteiger partial charge in [0.2, 0.25) is 5.91 Å². The minimum Gasteiger partial charge on any atom is -0.466 e. The fourth-order valence-electron chi connectivity index (χ4n) is 13.0. The molecule has 0 spiro atoms. The Hall–Kier alpha value is -1.60. The molecule has 0 radical (unpaired) electrons. The van der Waals surface area contributed by atoms with Crippen LogP contribution in [0.1, 0.15) is 412 Å². The van der Waals surface area contributed by atoms with E-state index in [1.165, 1.54) is 334 Å². The van der Waals surface area contributed by atoms with Gasteiger partial charge in [-0.25, -0.2) is 0 Å². The summed E-state index contributed by atoms with van der Waals surface area (Å²) in [5.41, 5.74) is 0. The van der Waals surface area contributed by atoms with Crippen LogP contribution in [-0.2, 0) is 23.8 Å². The molecule has 0 bridgehead atoms. The molecular formula is C78H151NO10. The lowest BCUT2D eigenvalue weighted by Crippen LogP contribution is -2.60. The minimum absolute atomic E-state index is 0.0209. The maximum atomic E-state index is 13.0. The zero-order valence-corrected chi connectivity index (χ0v) is 58.9. The maximum absolute atomic E-state index is 13.0. The van der Waals surface area contributed by atoms with Crippen molar-refractivity contribution in [1.29, 1.82) is 0 Å². The average molecular weight is 1260 g/mol. The molecule has 1 amide bonds. The standard InChI is InChI=1S/C78H151NO10/c1-3-5-7-9-11-13-14-15-16-36-40-43-46-50-54-58-62-66-74(83)87-67-63-59-55-51-47-44-41-38-35-33-31-29-27-25-23-21-19-17-18-20-22-24-26-28-30-32-34-37-39-42-45-49-53-57-61-65-73(82)79-70(71(81)64-60-56-52-48-12-10-8-6-4-2)69-88-78-77(86)76(85)75(84)72(68-80)89-78/h60,64,70-72,75-78,80-81,84-86H,3-59,61-63,65-69H2,1-2H3,(H,79,82)/b64-60+. The highest BCUT2D eigenvalue weighted by atomic mass is 16.7. The van der Waals surface area contributed by atoms with Crippen molar-refractivity contribution in [2.24, 2.45) is 0 Å². The van der Waals surface area contributed by atoms with Gasteiger partial charge in [-0.15, -0.1) is 0 Å². The molecule has 0 aromatic carbocycles. The van der Waals surface area contributed by atoms with Crippen LogP contribution >= 0.6 is 0 Å². The van der Waals surface area contributed by atoms with E-state index in [4.69, 9.17) is 14.2 Å². The summed E-state index contributed by atoms with van der Waals surface area (Å²) in [6, 6.07) is -0.804. The molecule has 0 saturated carbocycles. The molecule has 1 heterocycles. The fraction of sp³-hybridized carbons (Fsp3) is 0.949. The van der Waals surface area contributed by atoms with Gasteiger partial charge in [-0.05, 0) is 32.1 Å². The van der Waals surface area contributed by atoms with Crippen molar-refractivity contribution >= 4 is 11.9 Å². The van der Waals surface area contributed by atoms with Crippen LogP contribution in [0.3, 0.4) is 0 Å². The first-order chi connectivity index (χ1) is 43.7. The Morgan fingerprint density at radius 3 is 1.04 bits per heavy atom. The first-order valence-corrected chi connectivity index (χ1v) is 39.5. The molecule has 0 aliphatic carbocycles. The summed E-state index contributed by atoms with van der Waals surface area (Å²) >= 11 is 0. The van der Waals surface area contributed by atoms with E-state index < -0.39 is 49.5 Å². The second kappa shape index (κ2) is 67.8. The highest BCUT2D eigenvalue weighted by Crippen LogP contribution is 2.24. The molecule has 1 aliphatic heterocycles. The second-order valence-corrected chi connectivity index (χ2v) is 27.8. The summed E-state index contributed by atoms with van der Waals surface area (Å²) in [7, 11) is 0. The average Bonchev–Trinajstić information content (AvgIpc) is 1.92. The molecule has 7 atom stereocenters. The van der Waals surface area contributed by atoms with Crippen molar-refractivity contribution in [1.82, 2.24) is 5.32 Å². The van der Waals surface area contributed by atoms with Crippen molar-refractivity contribution < 1.29 is 49.3 Å². The smallest absolute Gasteiger partial charge is 0.305 e. The lowest BCUT2D eigenvalue weighted by molar-refractivity contribution is -0.302. The highest BCUT2D eigenvalue weighted by molar-refractivity contribution is 5.76. The van der Waals surface area contributed by atoms with E-state index >= 15 is 0 Å². The third-order valence-electron chi connectivity index (χ3n) is 19.2. The number of ether oxygens (including phenoxy) is 3. The van der Waals surface area contributed by atoms with Gasteiger partial charge in [-0.3, -0.25) is 9.59 Å². The number of allylic oxidation sites excluding steroid dienone is 1. The number of amides is 1. The van der Waals surface area contributed by atoms with E-state index in [0.717, 1.165) is 51.4 Å². The van der Waals surface area contributed by atoms with Crippen LogP contribution in [0, 0.1) is 0 Å². The Morgan fingerprint density at radius 1 is 0.404 bits per heavy atom. The number of carbonyl (C=O) groups is 2. The first kappa shape index (κ1) is 85.4. The van der Waals surface area contributed by atoms with Crippen LogP contribution in [-0.4, -0.2) is 100 Å². The molecule has 89 heavy (non-hydrogen) atoms. The Labute approximate surface area is 550 Å². The first-order valence-electron chi connectivity index (χ1n) is 39.5. The molecule has 0 aromatic rings. The molecule has 1 saturated heterocycles. The molecule has 6 N–H and O–H groups in total. The number of hydrogen-bond acceptors (Lipinski definition) is 10. The van der Waals surface area contributed by atoms with Crippen LogP contribution in [0.15, 0.2) is 12.2 Å². The van der Waals surface area contributed by atoms with E-state index in [0.29, 0.717) is 19.4 Å². The monoisotopic (exact) mass is 1260 g/mol. The number of aliphatic hydroxyl groups is 5. The number of esters is 1. The van der Waals surface area contributed by atoms with Crippen molar-refractivity contribution in [3.05, 3.63) is 12.2 Å². The van der Waals surface area contributed by atoms with Gasteiger partial charge >= 0.3 is 5.97 Å². The fourth-order valence-corrected chi connectivity index (χ4v) is 13.0. The van der Waals surface area contributed by atoms with E-state index in [1.54, 1.807) is 6.08 Å². The van der Waals surface area contributed by atoms with E-state index in [2.05, 4.69) is 19.2 Å². The molecule has 7 unspecified atom stereocenters. The van der Waals surface area contributed by atoms with Gasteiger partial charge < -0.3 is 45.1 Å². The molecule has 1 fully saturated rings. The maximum Gasteiger partial charge on any atom is 0.305 e. The molecule has 11 nitrogen and oxygen atoms in total. The lowest BCUT2D eigenvalue weighted by Gasteiger charge is -2.40. The number of nitrogens with one attached hydrogen (secondary N) is 1. The molecular weight excluding hydrogens is 1110 g/mol. The van der Waals surface area contributed by atoms with Gasteiger partial charge in [0.15, 0.2) is 6.29 Å². The van der Waals surface area contributed by atoms with Crippen LogP contribution < -0.4 is 5.32 Å². The number of unbranched alkanes of at least 4 members (excludes halogenated alkanes) is 57. The summed E-state index contributed by atoms with van der Waals surface area (Å²) in [5.74, 6) is -0.155. The summed E-state index contributed by atoms with van der Waals surface area (Å²) in [6.45, 7) is 4.38. The number of aliphatic hydroxyl groups excluding tert-OH is 5. The van der Waals surface area contributed by atoms with E-state index in [9.17, 15) is 35.1 Å². The lowest BCUT2D eigenvalue weighted by atomic mass is 9.99. The van der Waals surface area contributed by atoms with Crippen LogP contribution in [0.5, 0.6) is 0 Å². The van der Waals surface area contributed by atoms with Crippen LogP contribution in [0.2, 0.25) is 0 Å². The Morgan fingerprint density at radius 2 is 0.708 bits per heavy atom. The third kappa shape index (κ3) is 56.5. The normalized spacial score (nSPS) is 17.7. The topological polar surface area (TPSA) is 175 Å². The van der Waals surface area contributed by atoms with Gasteiger partial charge in [0.1, 0.15) is 24.4 Å². The van der Waals surface area contributed by atoms with Gasteiger partial charge in [-0.2, -0.15) is 0 Å². The van der Waals surface area contributed by atoms with Crippen molar-refractivity contribution in [3.8, 4) is 0 Å². The van der Waals surface area contributed by atoms with Gasteiger partial charge in [0, 0.05) is 12.8 Å². The summed E-state index contributed by atoms with van der Waals surface area (Å²) in [6.07, 6.45) is 75.5. The summed E-state index contributed by atoms with van der Waals surface area (Å²) in [4.78, 5) is 25.1. The van der Waals surface area contributed by atoms with E-state index in [1.807, 2.05) is 6.08 Å². The van der Waals surface area contributed by atoms with Crippen molar-refractivity contribution in [3.63, 3.8) is 0 Å². The van der Waals surface area contributed by atoms with Crippen molar-refractivity contribution in [2.75, 3.05) is 19.8 Å². The zero-order chi connectivity index (χ0) is 64.4. The third-order valence-corrected chi connectivity index (χ3v) is 19.2. The Bertz CT molecular complexity index is 1480. The predicted octanol–water partition coefficient (Wildman–Crippen LogP) is 21.0. The molecule has 11 heteroatoms. The van der Waals surface area contributed by atoms with E-state index in [-0.39, 0.29) is 18.5 Å². The number of carbonyl (C=O) groups excluding carboxylic acids is 2. The Kier molecular flexibility index (Phi) is 65.1. The minimum atomic E-state index is -1.57. The van der Waals surface area contributed by atoms with Gasteiger partial charge in [0.25, 0.3) is 0 Å². The SMILES string of the molecule is CCCCCCCCC/C=C/C(O)C(COC1OC(CO)C(O)C(O)C1O)NC(=O)CCCCCCCCCCCCCCCCCCCCCCCCCCCCCCCCCCCCCOC(=O)CCCCCCCCCCCCCCCCCCC. The Balaban J connectivity index is 1.84. The second-order valence-electron chi connectivity index (χ2n) is 27.8. The summed E-state index contributed by atoms with van der Waals surface area (Å²) in [5, 5.41) is 54.3. The van der Waals surface area contributed by atoms with Crippen molar-refractivity contribution in [2.45, 2.75) is 455 Å². The zero-order valence-electron chi connectivity index (χ0n) is 58.9. The van der Waals surface area contributed by atoms with Gasteiger partial charge in [0.05, 0.1) is 32.0 Å².